The van der Waals surface area contributed by atoms with Gasteiger partial charge in [-0.15, -0.1) is 0 Å². The van der Waals surface area contributed by atoms with Gasteiger partial charge in [0.2, 0.25) is 5.91 Å². The number of nitrogens with zero attached hydrogens (tertiary/aromatic N) is 2. The van der Waals surface area contributed by atoms with E-state index in [1.807, 2.05) is 4.90 Å². The van der Waals surface area contributed by atoms with Gasteiger partial charge in [0.1, 0.15) is 0 Å². The Morgan fingerprint density at radius 2 is 1.76 bits per heavy atom. The Labute approximate surface area is 129 Å². The maximum Gasteiger partial charge on any atom is 0.222 e. The van der Waals surface area contributed by atoms with E-state index in [2.05, 4.69) is 18.7 Å². The highest BCUT2D eigenvalue weighted by Gasteiger charge is 2.20. The summed E-state index contributed by atoms with van der Waals surface area (Å²) in [5.74, 6) is 0.320. The van der Waals surface area contributed by atoms with Gasteiger partial charge in [0.05, 0.1) is 12.7 Å². The van der Waals surface area contributed by atoms with Crippen LogP contribution in [0.5, 0.6) is 0 Å². The minimum Gasteiger partial charge on any atom is -0.377 e. The van der Waals surface area contributed by atoms with Crippen LogP contribution in [0.25, 0.3) is 0 Å². The SMILES string of the molecule is CC(C)OCCN1CCN(C(=O)CCCCCCN)CC1. The highest BCUT2D eigenvalue weighted by molar-refractivity contribution is 5.76. The molecule has 0 radical (unpaired) electrons. The lowest BCUT2D eigenvalue weighted by Crippen LogP contribution is -2.49. The number of hydrogen-bond donors (Lipinski definition) is 1. The molecule has 1 aliphatic heterocycles. The van der Waals surface area contributed by atoms with Gasteiger partial charge in [0, 0.05) is 39.1 Å². The summed E-state index contributed by atoms with van der Waals surface area (Å²) < 4.78 is 5.57. The number of piperazine rings is 1. The van der Waals surface area contributed by atoms with Crippen molar-refractivity contribution in [3.05, 3.63) is 0 Å². The van der Waals surface area contributed by atoms with Crippen molar-refractivity contribution in [3.8, 4) is 0 Å². The van der Waals surface area contributed by atoms with Gasteiger partial charge in [0.25, 0.3) is 0 Å². The van der Waals surface area contributed by atoms with Crippen LogP contribution in [0.15, 0.2) is 0 Å². The zero-order valence-corrected chi connectivity index (χ0v) is 13.9. The fraction of sp³-hybridized carbons (Fsp3) is 0.938. The molecule has 1 heterocycles. The number of rotatable bonds is 10. The van der Waals surface area contributed by atoms with Gasteiger partial charge in [-0.3, -0.25) is 9.69 Å². The third-order valence-electron chi connectivity index (χ3n) is 3.93. The molecule has 1 amide bonds. The molecule has 5 nitrogen and oxygen atoms in total. The summed E-state index contributed by atoms with van der Waals surface area (Å²) in [6, 6.07) is 0. The van der Waals surface area contributed by atoms with Crippen LogP contribution in [0, 0.1) is 0 Å². The second-order valence-electron chi connectivity index (χ2n) is 6.09. The maximum atomic E-state index is 12.1. The van der Waals surface area contributed by atoms with E-state index in [-0.39, 0.29) is 0 Å². The van der Waals surface area contributed by atoms with Crippen LogP contribution >= 0.6 is 0 Å². The molecule has 1 rings (SSSR count). The summed E-state index contributed by atoms with van der Waals surface area (Å²) >= 11 is 0. The standard InChI is InChI=1S/C16H33N3O2/c1-15(2)21-14-13-18-9-11-19(12-10-18)16(20)7-5-3-4-6-8-17/h15H,3-14,17H2,1-2H3. The minimum absolute atomic E-state index is 0.298. The van der Waals surface area contributed by atoms with E-state index >= 15 is 0 Å². The van der Waals surface area contributed by atoms with E-state index < -0.39 is 0 Å². The average Bonchev–Trinajstić information content (AvgIpc) is 2.47. The lowest BCUT2D eigenvalue weighted by Gasteiger charge is -2.34. The number of ether oxygens (including phenoxy) is 1. The summed E-state index contributed by atoms with van der Waals surface area (Å²) in [4.78, 5) is 16.5. The van der Waals surface area contributed by atoms with Crippen molar-refractivity contribution in [1.82, 2.24) is 9.80 Å². The highest BCUT2D eigenvalue weighted by atomic mass is 16.5. The number of hydrogen-bond acceptors (Lipinski definition) is 4. The van der Waals surface area contributed by atoms with Crippen molar-refractivity contribution < 1.29 is 9.53 Å². The molecule has 1 aliphatic rings. The number of carbonyl (C=O) groups is 1. The Balaban J connectivity index is 2.07. The molecule has 0 spiro atoms. The van der Waals surface area contributed by atoms with Gasteiger partial charge < -0.3 is 15.4 Å². The largest absolute Gasteiger partial charge is 0.377 e. The fourth-order valence-electron chi connectivity index (χ4n) is 2.57. The van der Waals surface area contributed by atoms with Crippen molar-refractivity contribution in [3.63, 3.8) is 0 Å². The molecule has 124 valence electrons. The second-order valence-corrected chi connectivity index (χ2v) is 6.09. The summed E-state index contributed by atoms with van der Waals surface area (Å²) in [7, 11) is 0. The van der Waals surface area contributed by atoms with Crippen LogP contribution in [0.1, 0.15) is 46.0 Å². The molecule has 0 aromatic carbocycles. The number of carbonyl (C=O) groups excluding carboxylic acids is 1. The van der Waals surface area contributed by atoms with E-state index in [0.29, 0.717) is 18.4 Å². The molecule has 0 unspecified atom stereocenters. The Kier molecular flexibility index (Phi) is 9.63. The normalized spacial score (nSPS) is 16.7. The molecule has 1 saturated heterocycles. The quantitative estimate of drug-likeness (QED) is 0.621. The maximum absolute atomic E-state index is 12.1. The van der Waals surface area contributed by atoms with Crippen molar-refractivity contribution in [2.45, 2.75) is 52.1 Å². The van der Waals surface area contributed by atoms with Crippen LogP contribution in [0.2, 0.25) is 0 Å². The van der Waals surface area contributed by atoms with Crippen molar-refractivity contribution >= 4 is 5.91 Å². The summed E-state index contributed by atoms with van der Waals surface area (Å²) in [6.45, 7) is 10.3. The van der Waals surface area contributed by atoms with Gasteiger partial charge in [-0.2, -0.15) is 0 Å². The van der Waals surface area contributed by atoms with Gasteiger partial charge >= 0.3 is 0 Å². The second kappa shape index (κ2) is 11.0. The lowest BCUT2D eigenvalue weighted by molar-refractivity contribution is -0.133. The molecule has 5 heteroatoms. The van der Waals surface area contributed by atoms with Crippen LogP contribution in [-0.2, 0) is 9.53 Å². The van der Waals surface area contributed by atoms with E-state index in [1.54, 1.807) is 0 Å². The van der Waals surface area contributed by atoms with Crippen LogP contribution in [-0.4, -0.2) is 67.7 Å². The fourth-order valence-corrected chi connectivity index (χ4v) is 2.57. The predicted molar refractivity (Wildman–Crippen MR) is 86.2 cm³/mol. The third-order valence-corrected chi connectivity index (χ3v) is 3.93. The summed E-state index contributed by atoms with van der Waals surface area (Å²) in [6.07, 6.45) is 5.34. The Morgan fingerprint density at radius 1 is 1.10 bits per heavy atom. The van der Waals surface area contributed by atoms with Crippen LogP contribution < -0.4 is 5.73 Å². The first-order valence-electron chi connectivity index (χ1n) is 8.45. The van der Waals surface area contributed by atoms with Gasteiger partial charge in [-0.25, -0.2) is 0 Å². The summed E-state index contributed by atoms with van der Waals surface area (Å²) in [5.41, 5.74) is 5.46. The first-order chi connectivity index (χ1) is 10.1. The Hall–Kier alpha value is -0.650. The molecule has 0 atom stereocenters. The topological polar surface area (TPSA) is 58.8 Å². The molecule has 2 N–H and O–H groups in total. The molecule has 1 fully saturated rings. The highest BCUT2D eigenvalue weighted by Crippen LogP contribution is 2.08. The van der Waals surface area contributed by atoms with Crippen molar-refractivity contribution in [2.75, 3.05) is 45.9 Å². The van der Waals surface area contributed by atoms with E-state index in [0.717, 1.165) is 71.6 Å². The number of unbranched alkanes of at least 4 members (excludes halogenated alkanes) is 3. The first kappa shape index (κ1) is 18.4. The Morgan fingerprint density at radius 3 is 2.38 bits per heavy atom. The van der Waals surface area contributed by atoms with Crippen molar-refractivity contribution in [2.24, 2.45) is 5.73 Å². The third kappa shape index (κ3) is 8.39. The molecule has 21 heavy (non-hydrogen) atoms. The zero-order valence-electron chi connectivity index (χ0n) is 13.9. The zero-order chi connectivity index (χ0) is 15.5. The molecule has 0 aromatic rings. The van der Waals surface area contributed by atoms with Crippen LogP contribution in [0.4, 0.5) is 0 Å². The summed E-state index contributed by atoms with van der Waals surface area (Å²) in [5, 5.41) is 0. The van der Waals surface area contributed by atoms with Gasteiger partial charge in [-0.05, 0) is 33.2 Å². The van der Waals surface area contributed by atoms with Gasteiger partial charge in [0.15, 0.2) is 0 Å². The monoisotopic (exact) mass is 299 g/mol. The lowest BCUT2D eigenvalue weighted by atomic mass is 10.1. The Bertz CT molecular complexity index is 277. The van der Waals surface area contributed by atoms with Crippen molar-refractivity contribution in [1.29, 1.82) is 0 Å². The van der Waals surface area contributed by atoms with E-state index in [1.165, 1.54) is 0 Å². The molecule has 0 saturated carbocycles. The molecular formula is C16H33N3O2. The van der Waals surface area contributed by atoms with E-state index in [4.69, 9.17) is 10.5 Å². The first-order valence-corrected chi connectivity index (χ1v) is 8.45. The molecule has 0 aromatic heterocycles. The minimum atomic E-state index is 0.298. The number of nitrogens with two attached hydrogens (primary N) is 1. The van der Waals surface area contributed by atoms with Crippen LogP contribution in [0.3, 0.4) is 0 Å². The smallest absolute Gasteiger partial charge is 0.222 e. The predicted octanol–water partition coefficient (Wildman–Crippen LogP) is 1.46. The average molecular weight is 299 g/mol. The molecule has 0 aliphatic carbocycles. The molecule has 0 bridgehead atoms. The van der Waals surface area contributed by atoms with Gasteiger partial charge in [-0.1, -0.05) is 12.8 Å². The number of amides is 1. The molecular weight excluding hydrogens is 266 g/mol. The van der Waals surface area contributed by atoms with E-state index in [9.17, 15) is 4.79 Å².